The predicted molar refractivity (Wildman–Crippen MR) is 96.9 cm³/mol. The lowest BCUT2D eigenvalue weighted by Crippen LogP contribution is -2.21. The van der Waals surface area contributed by atoms with Gasteiger partial charge in [-0.3, -0.25) is 9.36 Å². The van der Waals surface area contributed by atoms with E-state index in [1.54, 1.807) is 15.9 Å². The van der Waals surface area contributed by atoms with Gasteiger partial charge in [0.2, 0.25) is 0 Å². The van der Waals surface area contributed by atoms with E-state index in [1.165, 1.54) is 23.3 Å². The molecule has 0 unspecified atom stereocenters. The summed E-state index contributed by atoms with van der Waals surface area (Å²) in [6.45, 7) is 0. The van der Waals surface area contributed by atoms with Gasteiger partial charge in [0.1, 0.15) is 10.7 Å². The van der Waals surface area contributed by atoms with E-state index in [9.17, 15) is 4.79 Å². The van der Waals surface area contributed by atoms with Crippen LogP contribution in [0.1, 0.15) is 34.7 Å². The summed E-state index contributed by atoms with van der Waals surface area (Å²) in [5.41, 5.74) is 2.44. The first-order chi connectivity index (χ1) is 11.2. The van der Waals surface area contributed by atoms with Crippen LogP contribution >= 0.6 is 11.3 Å². The highest BCUT2D eigenvalue weighted by Gasteiger charge is 2.20. The molecule has 116 valence electrons. The molecule has 23 heavy (non-hydrogen) atoms. The van der Waals surface area contributed by atoms with Crippen LogP contribution < -0.4 is 5.56 Å². The molecule has 4 rings (SSSR count). The van der Waals surface area contributed by atoms with Gasteiger partial charge in [-0.2, -0.15) is 0 Å². The molecule has 2 aromatic heterocycles. The monoisotopic (exact) mass is 322 g/mol. The molecule has 2 heterocycles. The molecule has 0 fully saturated rings. The Morgan fingerprint density at radius 1 is 1.13 bits per heavy atom. The second-order valence-electron chi connectivity index (χ2n) is 5.97. The van der Waals surface area contributed by atoms with E-state index in [0.29, 0.717) is 5.82 Å². The molecule has 0 saturated carbocycles. The zero-order chi connectivity index (χ0) is 15.8. The van der Waals surface area contributed by atoms with E-state index < -0.39 is 0 Å². The van der Waals surface area contributed by atoms with Crippen molar-refractivity contribution >= 4 is 33.7 Å². The van der Waals surface area contributed by atoms with Crippen LogP contribution in [-0.4, -0.2) is 9.55 Å². The molecule has 0 amide bonds. The first-order valence-electron chi connectivity index (χ1n) is 7.98. The quantitative estimate of drug-likeness (QED) is 0.713. The summed E-state index contributed by atoms with van der Waals surface area (Å²) in [5, 5.41) is 0.851. The molecule has 0 N–H and O–H groups in total. The summed E-state index contributed by atoms with van der Waals surface area (Å²) in [7, 11) is 1.81. The number of aromatic nitrogens is 2. The fraction of sp³-hybridized carbons (Fsp3) is 0.263. The van der Waals surface area contributed by atoms with E-state index in [2.05, 4.69) is 0 Å². The normalized spacial score (nSPS) is 14.5. The van der Waals surface area contributed by atoms with E-state index in [4.69, 9.17) is 4.98 Å². The average molecular weight is 322 g/mol. The van der Waals surface area contributed by atoms with Crippen molar-refractivity contribution in [1.82, 2.24) is 9.55 Å². The Morgan fingerprint density at radius 2 is 1.91 bits per heavy atom. The molecule has 0 bridgehead atoms. The molecular formula is C19H18N2OS. The van der Waals surface area contributed by atoms with Crippen molar-refractivity contribution in [1.29, 1.82) is 0 Å². The number of hydrogen-bond acceptors (Lipinski definition) is 3. The molecule has 0 spiro atoms. The van der Waals surface area contributed by atoms with Gasteiger partial charge in [0.25, 0.3) is 5.56 Å². The van der Waals surface area contributed by atoms with Crippen molar-refractivity contribution in [3.8, 4) is 0 Å². The van der Waals surface area contributed by atoms with Crippen molar-refractivity contribution in [2.24, 2.45) is 7.05 Å². The van der Waals surface area contributed by atoms with Gasteiger partial charge in [0.15, 0.2) is 0 Å². The Balaban J connectivity index is 1.84. The zero-order valence-electron chi connectivity index (χ0n) is 13.1. The summed E-state index contributed by atoms with van der Waals surface area (Å²) in [6.07, 6.45) is 8.44. The standard InChI is InChI=1S/C19H18N2OS/c1-21-16(12-11-13-7-3-2-4-8-13)20-18-17(19(21)22)14-9-5-6-10-15(14)23-18/h2-4,7-8,11-12H,5-6,9-10H2,1H3/b12-11+. The molecule has 1 aromatic carbocycles. The van der Waals surface area contributed by atoms with Gasteiger partial charge < -0.3 is 0 Å². The largest absolute Gasteiger partial charge is 0.296 e. The van der Waals surface area contributed by atoms with Crippen LogP contribution in [-0.2, 0) is 19.9 Å². The van der Waals surface area contributed by atoms with E-state index in [0.717, 1.165) is 28.6 Å². The molecular weight excluding hydrogens is 304 g/mol. The third kappa shape index (κ3) is 2.53. The Labute approximate surface area is 138 Å². The van der Waals surface area contributed by atoms with Crippen molar-refractivity contribution < 1.29 is 0 Å². The van der Waals surface area contributed by atoms with Gasteiger partial charge in [-0.05, 0) is 42.9 Å². The van der Waals surface area contributed by atoms with Crippen LogP contribution in [0.4, 0.5) is 0 Å². The summed E-state index contributed by atoms with van der Waals surface area (Å²) < 4.78 is 1.67. The minimum absolute atomic E-state index is 0.0853. The van der Waals surface area contributed by atoms with Gasteiger partial charge in [0, 0.05) is 11.9 Å². The number of thiophene rings is 1. The topological polar surface area (TPSA) is 34.9 Å². The molecule has 0 atom stereocenters. The van der Waals surface area contributed by atoms with Crippen LogP contribution in [0.3, 0.4) is 0 Å². The average Bonchev–Trinajstić information content (AvgIpc) is 2.96. The molecule has 0 aliphatic heterocycles. The smallest absolute Gasteiger partial charge is 0.262 e. The Hall–Kier alpha value is -2.20. The Morgan fingerprint density at radius 3 is 2.74 bits per heavy atom. The van der Waals surface area contributed by atoms with Crippen molar-refractivity contribution in [3.63, 3.8) is 0 Å². The zero-order valence-corrected chi connectivity index (χ0v) is 13.9. The highest BCUT2D eigenvalue weighted by Crippen LogP contribution is 2.33. The lowest BCUT2D eigenvalue weighted by atomic mass is 9.97. The van der Waals surface area contributed by atoms with Crippen LogP contribution in [0.25, 0.3) is 22.4 Å². The maximum atomic E-state index is 12.8. The van der Waals surface area contributed by atoms with Gasteiger partial charge in [-0.15, -0.1) is 11.3 Å². The summed E-state index contributed by atoms with van der Waals surface area (Å²) >= 11 is 1.70. The number of fused-ring (bicyclic) bond motifs is 3. The molecule has 1 aliphatic rings. The van der Waals surface area contributed by atoms with Gasteiger partial charge in [-0.25, -0.2) is 4.98 Å². The van der Waals surface area contributed by atoms with Crippen molar-refractivity contribution in [2.45, 2.75) is 25.7 Å². The fourth-order valence-corrected chi connectivity index (χ4v) is 4.44. The van der Waals surface area contributed by atoms with Crippen LogP contribution in [0.2, 0.25) is 0 Å². The molecule has 1 aliphatic carbocycles. The molecule has 0 saturated heterocycles. The summed E-state index contributed by atoms with van der Waals surface area (Å²) in [5.74, 6) is 0.713. The molecule has 4 heteroatoms. The second kappa shape index (κ2) is 5.78. The summed E-state index contributed by atoms with van der Waals surface area (Å²) in [6, 6.07) is 10.1. The highest BCUT2D eigenvalue weighted by atomic mass is 32.1. The van der Waals surface area contributed by atoms with E-state index in [-0.39, 0.29) is 5.56 Å². The highest BCUT2D eigenvalue weighted by molar-refractivity contribution is 7.18. The van der Waals surface area contributed by atoms with Gasteiger partial charge >= 0.3 is 0 Å². The summed E-state index contributed by atoms with van der Waals surface area (Å²) in [4.78, 5) is 19.8. The Kier molecular flexibility index (Phi) is 3.62. The van der Waals surface area contributed by atoms with Crippen molar-refractivity contribution in [2.75, 3.05) is 0 Å². The van der Waals surface area contributed by atoms with Gasteiger partial charge in [-0.1, -0.05) is 36.4 Å². The number of benzene rings is 1. The lowest BCUT2D eigenvalue weighted by molar-refractivity contribution is 0.699. The first-order valence-corrected chi connectivity index (χ1v) is 8.80. The van der Waals surface area contributed by atoms with Crippen LogP contribution in [0.5, 0.6) is 0 Å². The van der Waals surface area contributed by atoms with Gasteiger partial charge in [0.05, 0.1) is 5.39 Å². The van der Waals surface area contributed by atoms with Crippen molar-refractivity contribution in [3.05, 3.63) is 62.5 Å². The number of aryl methyl sites for hydroxylation is 2. The number of hydrogen-bond donors (Lipinski definition) is 0. The number of nitrogens with zero attached hydrogens (tertiary/aromatic N) is 2. The van der Waals surface area contributed by atoms with Crippen LogP contribution in [0.15, 0.2) is 35.1 Å². The third-order valence-corrected chi connectivity index (χ3v) is 5.64. The Bertz CT molecular complexity index is 951. The van der Waals surface area contributed by atoms with Crippen LogP contribution in [0, 0.1) is 0 Å². The molecule has 3 aromatic rings. The lowest BCUT2D eigenvalue weighted by Gasteiger charge is -2.10. The number of rotatable bonds is 2. The molecule has 3 nitrogen and oxygen atoms in total. The van der Waals surface area contributed by atoms with E-state index in [1.807, 2.05) is 49.5 Å². The maximum absolute atomic E-state index is 12.8. The minimum atomic E-state index is 0.0853. The molecule has 0 radical (unpaired) electrons. The first kappa shape index (κ1) is 14.4. The predicted octanol–water partition coefficient (Wildman–Crippen LogP) is 4.04. The fourth-order valence-electron chi connectivity index (χ4n) is 3.19. The minimum Gasteiger partial charge on any atom is -0.296 e. The van der Waals surface area contributed by atoms with E-state index >= 15 is 0 Å². The maximum Gasteiger partial charge on any atom is 0.262 e. The third-order valence-electron chi connectivity index (χ3n) is 4.46. The second-order valence-corrected chi connectivity index (χ2v) is 7.05. The SMILES string of the molecule is Cn1c(/C=C/c2ccccc2)nc2sc3c(c2c1=O)CCCC3.